The molecule has 1 atom stereocenters. The maximum Gasteiger partial charge on any atom is 0.419 e. The fourth-order valence-electron chi connectivity index (χ4n) is 2.25. The first-order valence-electron chi connectivity index (χ1n) is 6.37. The summed E-state index contributed by atoms with van der Waals surface area (Å²) in [6.07, 6.45) is -5.36. The molecule has 0 radical (unpaired) electrons. The van der Waals surface area contributed by atoms with E-state index in [1.54, 1.807) is 0 Å². The maximum absolute atomic E-state index is 12.7. The SMILES string of the molecule is NC(=O)Nc1cccc(C(=O)N2CCC(O)(C(F)(F)F)C2)c1. The molecule has 1 heterocycles. The van der Waals surface area contributed by atoms with Gasteiger partial charge in [0, 0.05) is 24.2 Å². The maximum atomic E-state index is 12.7. The molecule has 9 heteroatoms. The van der Waals surface area contributed by atoms with Gasteiger partial charge in [0.25, 0.3) is 5.91 Å². The highest BCUT2D eigenvalue weighted by Crippen LogP contribution is 2.38. The molecule has 4 N–H and O–H groups in total. The van der Waals surface area contributed by atoms with E-state index in [0.717, 1.165) is 4.90 Å². The Labute approximate surface area is 123 Å². The molecule has 0 bridgehead atoms. The molecule has 1 saturated heterocycles. The smallest absolute Gasteiger partial charge is 0.379 e. The van der Waals surface area contributed by atoms with E-state index in [1.165, 1.54) is 24.3 Å². The van der Waals surface area contributed by atoms with E-state index in [0.29, 0.717) is 0 Å². The summed E-state index contributed by atoms with van der Waals surface area (Å²) < 4.78 is 38.2. The molecule has 1 aromatic rings. The number of anilines is 1. The molecule has 120 valence electrons. The number of nitrogens with zero attached hydrogens (tertiary/aromatic N) is 1. The number of β-amino-alcohol motifs (C(OH)–C–C–N with tert-alkyl or cyclic N) is 1. The Hall–Kier alpha value is -2.29. The first-order chi connectivity index (χ1) is 10.1. The first kappa shape index (κ1) is 16.1. The minimum atomic E-state index is -4.79. The van der Waals surface area contributed by atoms with Crippen LogP contribution in [0.1, 0.15) is 16.8 Å². The van der Waals surface area contributed by atoms with Crippen LogP contribution in [0.15, 0.2) is 24.3 Å². The molecule has 1 aromatic carbocycles. The van der Waals surface area contributed by atoms with E-state index in [2.05, 4.69) is 5.32 Å². The Bertz CT molecular complexity index is 606. The normalized spacial score (nSPS) is 21.7. The average Bonchev–Trinajstić information content (AvgIpc) is 2.81. The van der Waals surface area contributed by atoms with Crippen LogP contribution >= 0.6 is 0 Å². The summed E-state index contributed by atoms with van der Waals surface area (Å²) in [6, 6.07) is 4.83. The highest BCUT2D eigenvalue weighted by Gasteiger charge is 2.57. The van der Waals surface area contributed by atoms with Crippen molar-refractivity contribution in [3.05, 3.63) is 29.8 Å². The van der Waals surface area contributed by atoms with Crippen molar-refractivity contribution >= 4 is 17.6 Å². The lowest BCUT2D eigenvalue weighted by atomic mass is 10.0. The molecule has 3 amide bonds. The number of hydrogen-bond acceptors (Lipinski definition) is 3. The van der Waals surface area contributed by atoms with Crippen LogP contribution in [0.4, 0.5) is 23.7 Å². The number of nitrogens with two attached hydrogens (primary N) is 1. The molecule has 1 aliphatic heterocycles. The summed E-state index contributed by atoms with van der Waals surface area (Å²) in [5.41, 5.74) is 2.42. The molecule has 1 unspecified atom stereocenters. The lowest BCUT2D eigenvalue weighted by Crippen LogP contribution is -2.48. The molecule has 22 heavy (non-hydrogen) atoms. The first-order valence-corrected chi connectivity index (χ1v) is 6.37. The molecule has 1 aliphatic rings. The van der Waals surface area contributed by atoms with Crippen molar-refractivity contribution in [2.45, 2.75) is 18.2 Å². The van der Waals surface area contributed by atoms with Gasteiger partial charge >= 0.3 is 12.2 Å². The van der Waals surface area contributed by atoms with E-state index < -0.39 is 36.7 Å². The highest BCUT2D eigenvalue weighted by molar-refractivity contribution is 5.96. The standard InChI is InChI=1S/C13H14F3N3O3/c14-13(15,16)12(22)4-5-19(7-12)10(20)8-2-1-3-9(6-8)18-11(17)21/h1-3,6,22H,4-5,7H2,(H3,17,18,21). The quantitative estimate of drug-likeness (QED) is 0.767. The van der Waals surface area contributed by atoms with Crippen LogP contribution < -0.4 is 11.1 Å². The van der Waals surface area contributed by atoms with E-state index in [4.69, 9.17) is 5.73 Å². The predicted octanol–water partition coefficient (Wildman–Crippen LogP) is 1.32. The van der Waals surface area contributed by atoms with Crippen LogP contribution in [0.3, 0.4) is 0 Å². The Morgan fingerprint density at radius 3 is 2.59 bits per heavy atom. The lowest BCUT2D eigenvalue weighted by molar-refractivity contribution is -0.253. The second-order valence-corrected chi connectivity index (χ2v) is 5.08. The minimum Gasteiger partial charge on any atom is -0.379 e. The van der Waals surface area contributed by atoms with Gasteiger partial charge in [-0.25, -0.2) is 4.79 Å². The number of aliphatic hydroxyl groups is 1. The van der Waals surface area contributed by atoms with Gasteiger partial charge in [-0.05, 0) is 18.2 Å². The molecule has 0 saturated carbocycles. The summed E-state index contributed by atoms with van der Waals surface area (Å²) in [5, 5.41) is 11.8. The molecule has 0 aromatic heterocycles. The predicted molar refractivity (Wildman–Crippen MR) is 71.2 cm³/mol. The van der Waals surface area contributed by atoms with Gasteiger partial charge in [-0.3, -0.25) is 4.79 Å². The number of rotatable bonds is 2. The number of amides is 3. The molecule has 0 spiro atoms. The average molecular weight is 317 g/mol. The van der Waals surface area contributed by atoms with Crippen LogP contribution in [-0.2, 0) is 0 Å². The van der Waals surface area contributed by atoms with Gasteiger partial charge in [0.1, 0.15) is 0 Å². The molecule has 0 aliphatic carbocycles. The van der Waals surface area contributed by atoms with Crippen LogP contribution in [-0.4, -0.2) is 46.8 Å². The van der Waals surface area contributed by atoms with Crippen LogP contribution in [0.5, 0.6) is 0 Å². The third-order valence-corrected chi connectivity index (χ3v) is 3.44. The second-order valence-electron chi connectivity index (χ2n) is 5.08. The van der Waals surface area contributed by atoms with Gasteiger partial charge in [-0.2, -0.15) is 13.2 Å². The van der Waals surface area contributed by atoms with E-state index >= 15 is 0 Å². The number of urea groups is 1. The number of alkyl halides is 3. The van der Waals surface area contributed by atoms with Gasteiger partial charge in [-0.1, -0.05) is 6.07 Å². The number of likely N-dealkylation sites (tertiary alicyclic amines) is 1. The molecule has 6 nitrogen and oxygen atoms in total. The number of carbonyl (C=O) groups excluding carboxylic acids is 2. The molecular formula is C13H14F3N3O3. The fourth-order valence-corrected chi connectivity index (χ4v) is 2.25. The number of halogens is 3. The topological polar surface area (TPSA) is 95.7 Å². The zero-order valence-corrected chi connectivity index (χ0v) is 11.4. The van der Waals surface area contributed by atoms with Crippen molar-refractivity contribution in [3.63, 3.8) is 0 Å². The van der Waals surface area contributed by atoms with Crippen LogP contribution in [0.2, 0.25) is 0 Å². The zero-order valence-electron chi connectivity index (χ0n) is 11.4. The van der Waals surface area contributed by atoms with Crippen molar-refractivity contribution in [2.24, 2.45) is 5.73 Å². The van der Waals surface area contributed by atoms with Crippen molar-refractivity contribution in [1.29, 1.82) is 0 Å². The van der Waals surface area contributed by atoms with Gasteiger partial charge < -0.3 is 21.1 Å². The Kier molecular flexibility index (Phi) is 4.01. The molecule has 2 rings (SSSR count). The summed E-state index contributed by atoms with van der Waals surface area (Å²) in [6.45, 7) is -1.02. The summed E-state index contributed by atoms with van der Waals surface area (Å²) >= 11 is 0. The number of hydrogen-bond donors (Lipinski definition) is 3. The molecular weight excluding hydrogens is 303 g/mol. The minimum absolute atomic E-state index is 0.0951. The van der Waals surface area contributed by atoms with E-state index in [9.17, 15) is 27.9 Å². The van der Waals surface area contributed by atoms with Crippen LogP contribution in [0.25, 0.3) is 0 Å². The van der Waals surface area contributed by atoms with Gasteiger partial charge in [0.05, 0.1) is 6.54 Å². The monoisotopic (exact) mass is 317 g/mol. The second kappa shape index (κ2) is 5.48. The van der Waals surface area contributed by atoms with Crippen molar-refractivity contribution in [1.82, 2.24) is 4.90 Å². The summed E-state index contributed by atoms with van der Waals surface area (Å²) in [5.74, 6) is -0.659. The van der Waals surface area contributed by atoms with Crippen molar-refractivity contribution < 1.29 is 27.9 Å². The Morgan fingerprint density at radius 1 is 1.36 bits per heavy atom. The van der Waals surface area contributed by atoms with E-state index in [1.807, 2.05) is 0 Å². The lowest BCUT2D eigenvalue weighted by Gasteiger charge is -2.26. The highest BCUT2D eigenvalue weighted by atomic mass is 19.4. The van der Waals surface area contributed by atoms with Gasteiger partial charge in [0.15, 0.2) is 5.60 Å². The van der Waals surface area contributed by atoms with Gasteiger partial charge in [0.2, 0.25) is 0 Å². The molecule has 1 fully saturated rings. The zero-order chi connectivity index (χ0) is 16.5. The van der Waals surface area contributed by atoms with Crippen molar-refractivity contribution in [3.8, 4) is 0 Å². The Morgan fingerprint density at radius 2 is 2.05 bits per heavy atom. The van der Waals surface area contributed by atoms with E-state index in [-0.39, 0.29) is 17.8 Å². The largest absolute Gasteiger partial charge is 0.419 e. The number of primary amides is 1. The number of nitrogens with one attached hydrogen (secondary N) is 1. The fraction of sp³-hybridized carbons (Fsp3) is 0.385. The Balaban J connectivity index is 2.15. The van der Waals surface area contributed by atoms with Gasteiger partial charge in [-0.15, -0.1) is 0 Å². The van der Waals surface area contributed by atoms with Crippen LogP contribution in [0, 0.1) is 0 Å². The number of benzene rings is 1. The summed E-state index contributed by atoms with van der Waals surface area (Å²) in [7, 11) is 0. The summed E-state index contributed by atoms with van der Waals surface area (Å²) in [4.78, 5) is 23.9. The van der Waals surface area contributed by atoms with Crippen molar-refractivity contribution in [2.75, 3.05) is 18.4 Å². The third kappa shape index (κ3) is 3.14. The third-order valence-electron chi connectivity index (χ3n) is 3.44. The number of carbonyl (C=O) groups is 2.